The minimum Gasteiger partial charge on any atom is -0.481 e. The Bertz CT molecular complexity index is 545. The third kappa shape index (κ3) is 3.93. The van der Waals surface area contributed by atoms with Gasteiger partial charge in [-0.05, 0) is 36.4 Å². The maximum absolute atomic E-state index is 12.8. The van der Waals surface area contributed by atoms with E-state index in [1.54, 1.807) is 24.3 Å². The molecule has 1 aromatic carbocycles. The summed E-state index contributed by atoms with van der Waals surface area (Å²) >= 11 is 0. The van der Waals surface area contributed by atoms with Crippen molar-refractivity contribution < 1.29 is 23.4 Å². The molecule has 0 fully saturated rings. The molecule has 19 heavy (non-hydrogen) atoms. The Kier molecular flexibility index (Phi) is 4.30. The molecular formula is C14H13FO4. The Morgan fingerprint density at radius 2 is 1.95 bits per heavy atom. The predicted octanol–water partition coefficient (Wildman–Crippen LogP) is 3.08. The van der Waals surface area contributed by atoms with Gasteiger partial charge in [0, 0.05) is 5.56 Å². The lowest BCUT2D eigenvalue weighted by Crippen LogP contribution is -2.02. The van der Waals surface area contributed by atoms with Gasteiger partial charge in [-0.1, -0.05) is 0 Å². The summed E-state index contributed by atoms with van der Waals surface area (Å²) in [6.07, 6.45) is -0.0362. The summed E-state index contributed by atoms with van der Waals surface area (Å²) in [7, 11) is 0. The van der Waals surface area contributed by atoms with Gasteiger partial charge in [0.15, 0.2) is 0 Å². The minimum absolute atomic E-state index is 0.0362. The molecule has 1 heterocycles. The van der Waals surface area contributed by atoms with Crippen molar-refractivity contribution in [2.24, 2.45) is 0 Å². The molecule has 0 aliphatic rings. The number of ether oxygens (including phenoxy) is 1. The SMILES string of the molecule is O=C(O)CCOCc1ccc(-c2ccc(F)cc2)o1. The molecule has 0 aliphatic heterocycles. The number of carbonyl (C=O) groups is 1. The second kappa shape index (κ2) is 6.15. The molecule has 0 atom stereocenters. The van der Waals surface area contributed by atoms with E-state index in [1.165, 1.54) is 12.1 Å². The Morgan fingerprint density at radius 3 is 2.63 bits per heavy atom. The highest BCUT2D eigenvalue weighted by Crippen LogP contribution is 2.22. The molecule has 0 bridgehead atoms. The van der Waals surface area contributed by atoms with E-state index < -0.39 is 5.97 Å². The Labute approximate surface area is 109 Å². The maximum Gasteiger partial charge on any atom is 0.305 e. The first-order valence-electron chi connectivity index (χ1n) is 5.79. The number of hydrogen-bond donors (Lipinski definition) is 1. The van der Waals surface area contributed by atoms with Gasteiger partial charge in [-0.3, -0.25) is 4.79 Å². The first-order chi connectivity index (χ1) is 9.15. The summed E-state index contributed by atoms with van der Waals surface area (Å²) in [6, 6.07) is 9.50. The van der Waals surface area contributed by atoms with E-state index in [2.05, 4.69) is 0 Å². The van der Waals surface area contributed by atoms with Crippen LogP contribution in [0.1, 0.15) is 12.2 Å². The van der Waals surface area contributed by atoms with Gasteiger partial charge in [-0.2, -0.15) is 0 Å². The topological polar surface area (TPSA) is 59.7 Å². The van der Waals surface area contributed by atoms with Crippen molar-refractivity contribution in [3.05, 3.63) is 48.0 Å². The summed E-state index contributed by atoms with van der Waals surface area (Å²) < 4.78 is 23.5. The zero-order valence-electron chi connectivity index (χ0n) is 10.1. The summed E-state index contributed by atoms with van der Waals surface area (Å²) in [5, 5.41) is 8.45. The van der Waals surface area contributed by atoms with E-state index in [9.17, 15) is 9.18 Å². The van der Waals surface area contributed by atoms with Crippen molar-refractivity contribution in [1.29, 1.82) is 0 Å². The summed E-state index contributed by atoms with van der Waals surface area (Å²) in [5.74, 6) is 0.0283. The number of carboxylic acid groups (broad SMARTS) is 1. The van der Waals surface area contributed by atoms with Crippen molar-refractivity contribution >= 4 is 5.97 Å². The molecule has 100 valence electrons. The molecule has 2 rings (SSSR count). The first kappa shape index (κ1) is 13.3. The summed E-state index contributed by atoms with van der Waals surface area (Å²) in [4.78, 5) is 10.3. The second-order valence-electron chi connectivity index (χ2n) is 3.97. The fraction of sp³-hybridized carbons (Fsp3) is 0.214. The molecule has 1 aromatic heterocycles. The zero-order valence-corrected chi connectivity index (χ0v) is 10.1. The lowest BCUT2D eigenvalue weighted by Gasteiger charge is -2.00. The third-order valence-electron chi connectivity index (χ3n) is 2.49. The summed E-state index contributed by atoms with van der Waals surface area (Å²) in [5.41, 5.74) is 0.776. The van der Waals surface area contributed by atoms with Crippen LogP contribution in [-0.2, 0) is 16.1 Å². The predicted molar refractivity (Wildman–Crippen MR) is 66.0 cm³/mol. The number of benzene rings is 1. The van der Waals surface area contributed by atoms with Crippen LogP contribution in [0.4, 0.5) is 4.39 Å². The number of furan rings is 1. The first-order valence-corrected chi connectivity index (χ1v) is 5.79. The number of halogens is 1. The molecule has 1 N–H and O–H groups in total. The fourth-order valence-electron chi connectivity index (χ4n) is 1.56. The quantitative estimate of drug-likeness (QED) is 0.814. The monoisotopic (exact) mass is 264 g/mol. The smallest absolute Gasteiger partial charge is 0.305 e. The van der Waals surface area contributed by atoms with Crippen molar-refractivity contribution in [1.82, 2.24) is 0 Å². The number of carboxylic acids is 1. The van der Waals surface area contributed by atoms with Crippen molar-refractivity contribution in [3.63, 3.8) is 0 Å². The molecule has 5 heteroatoms. The van der Waals surface area contributed by atoms with Crippen LogP contribution in [0.3, 0.4) is 0 Å². The van der Waals surface area contributed by atoms with E-state index in [0.29, 0.717) is 11.5 Å². The minimum atomic E-state index is -0.897. The Hall–Kier alpha value is -2.14. The standard InChI is InChI=1S/C14H13FO4/c15-11-3-1-10(2-4-11)13-6-5-12(19-13)9-18-8-7-14(16)17/h1-6H,7-9H2,(H,16,17). The molecule has 0 radical (unpaired) electrons. The van der Waals surface area contributed by atoms with Crippen LogP contribution in [0.2, 0.25) is 0 Å². The molecule has 0 amide bonds. The van der Waals surface area contributed by atoms with E-state index in [0.717, 1.165) is 5.56 Å². The molecule has 0 aliphatic carbocycles. The van der Waals surface area contributed by atoms with Crippen LogP contribution in [0.25, 0.3) is 11.3 Å². The zero-order chi connectivity index (χ0) is 13.7. The molecular weight excluding hydrogens is 251 g/mol. The van der Waals surface area contributed by atoms with Gasteiger partial charge in [0.2, 0.25) is 0 Å². The number of rotatable bonds is 6. The van der Waals surface area contributed by atoms with E-state index in [1.807, 2.05) is 0 Å². The highest BCUT2D eigenvalue weighted by atomic mass is 19.1. The van der Waals surface area contributed by atoms with Crippen molar-refractivity contribution in [2.75, 3.05) is 6.61 Å². The van der Waals surface area contributed by atoms with Crippen LogP contribution in [0.5, 0.6) is 0 Å². The van der Waals surface area contributed by atoms with Crippen molar-refractivity contribution in [2.45, 2.75) is 13.0 Å². The molecule has 2 aromatic rings. The largest absolute Gasteiger partial charge is 0.481 e. The van der Waals surface area contributed by atoms with Gasteiger partial charge in [0.05, 0.1) is 13.0 Å². The average molecular weight is 264 g/mol. The summed E-state index contributed by atoms with van der Waals surface area (Å²) in [6.45, 7) is 0.358. The van der Waals surface area contributed by atoms with Crippen LogP contribution < -0.4 is 0 Å². The third-order valence-corrected chi connectivity index (χ3v) is 2.49. The Balaban J connectivity index is 1.91. The van der Waals surface area contributed by atoms with E-state index in [-0.39, 0.29) is 25.5 Å². The van der Waals surface area contributed by atoms with E-state index >= 15 is 0 Å². The Morgan fingerprint density at radius 1 is 1.21 bits per heavy atom. The van der Waals surface area contributed by atoms with Crippen molar-refractivity contribution in [3.8, 4) is 11.3 Å². The fourth-order valence-corrected chi connectivity index (χ4v) is 1.56. The molecule has 4 nitrogen and oxygen atoms in total. The highest BCUT2D eigenvalue weighted by molar-refractivity contribution is 5.66. The molecule has 0 spiro atoms. The van der Waals surface area contributed by atoms with Crippen LogP contribution in [0, 0.1) is 5.82 Å². The molecule has 0 saturated carbocycles. The second-order valence-corrected chi connectivity index (χ2v) is 3.97. The van der Waals surface area contributed by atoms with Crippen LogP contribution >= 0.6 is 0 Å². The number of aliphatic carboxylic acids is 1. The van der Waals surface area contributed by atoms with E-state index in [4.69, 9.17) is 14.3 Å². The normalized spacial score (nSPS) is 10.6. The van der Waals surface area contributed by atoms with Crippen LogP contribution in [0.15, 0.2) is 40.8 Å². The number of hydrogen-bond acceptors (Lipinski definition) is 3. The van der Waals surface area contributed by atoms with Gasteiger partial charge < -0.3 is 14.3 Å². The van der Waals surface area contributed by atoms with Gasteiger partial charge in [0.1, 0.15) is 23.9 Å². The van der Waals surface area contributed by atoms with Gasteiger partial charge in [-0.15, -0.1) is 0 Å². The van der Waals surface area contributed by atoms with Gasteiger partial charge >= 0.3 is 5.97 Å². The van der Waals surface area contributed by atoms with Gasteiger partial charge in [-0.25, -0.2) is 4.39 Å². The lowest BCUT2D eigenvalue weighted by molar-refractivity contribution is -0.138. The van der Waals surface area contributed by atoms with Crippen LogP contribution in [-0.4, -0.2) is 17.7 Å². The molecule has 0 saturated heterocycles. The molecule has 0 unspecified atom stereocenters. The van der Waals surface area contributed by atoms with Gasteiger partial charge in [0.25, 0.3) is 0 Å². The lowest BCUT2D eigenvalue weighted by atomic mass is 10.2. The highest BCUT2D eigenvalue weighted by Gasteiger charge is 2.05. The average Bonchev–Trinajstić information content (AvgIpc) is 2.84. The maximum atomic E-state index is 12.8.